The molecule has 0 spiro atoms. The average molecular weight is 287 g/mol. The van der Waals surface area contributed by atoms with Crippen molar-refractivity contribution in [1.82, 2.24) is 14.7 Å². The number of morpholine rings is 1. The Labute approximate surface area is 122 Å². The first-order valence-electron chi connectivity index (χ1n) is 6.87. The zero-order chi connectivity index (χ0) is 14.7. The number of benzene rings is 1. The highest BCUT2D eigenvalue weighted by atomic mass is 16.5. The van der Waals surface area contributed by atoms with Gasteiger partial charge in [-0.2, -0.15) is 5.10 Å². The van der Waals surface area contributed by atoms with Gasteiger partial charge in [0.05, 0.1) is 18.9 Å². The third kappa shape index (κ3) is 3.12. The Bertz CT molecular complexity index is 595. The first-order valence-corrected chi connectivity index (χ1v) is 6.87. The Balaban J connectivity index is 1.71. The van der Waals surface area contributed by atoms with E-state index >= 15 is 0 Å². The van der Waals surface area contributed by atoms with Gasteiger partial charge in [-0.25, -0.2) is 4.68 Å². The number of carboxylic acid groups (broad SMARTS) is 1. The van der Waals surface area contributed by atoms with Crippen LogP contribution in [-0.4, -0.2) is 51.6 Å². The van der Waals surface area contributed by atoms with Gasteiger partial charge in [-0.3, -0.25) is 9.69 Å². The molecule has 0 aliphatic carbocycles. The molecule has 1 aromatic carbocycles. The summed E-state index contributed by atoms with van der Waals surface area (Å²) < 4.78 is 7.04. The fourth-order valence-electron chi connectivity index (χ4n) is 2.46. The van der Waals surface area contributed by atoms with Gasteiger partial charge in [0.2, 0.25) is 0 Å². The molecule has 0 radical (unpaired) electrons. The molecule has 1 N–H and O–H groups in total. The molecule has 1 saturated heterocycles. The Kier molecular flexibility index (Phi) is 3.98. The van der Waals surface area contributed by atoms with E-state index < -0.39 is 12.0 Å². The Morgan fingerprint density at radius 3 is 2.86 bits per heavy atom. The minimum atomic E-state index is -0.831. The second kappa shape index (κ2) is 6.07. The molecule has 1 atom stereocenters. The number of hydrogen-bond acceptors (Lipinski definition) is 4. The number of aliphatic carboxylic acids is 1. The predicted molar refractivity (Wildman–Crippen MR) is 76.2 cm³/mol. The Hall–Kier alpha value is -2.18. The average Bonchev–Trinajstić information content (AvgIpc) is 3.03. The molecule has 110 valence electrons. The molecular weight excluding hydrogens is 270 g/mol. The fraction of sp³-hybridized carbons (Fsp3) is 0.333. The minimum Gasteiger partial charge on any atom is -0.480 e. The summed E-state index contributed by atoms with van der Waals surface area (Å²) in [4.78, 5) is 13.2. The van der Waals surface area contributed by atoms with Crippen LogP contribution >= 0.6 is 0 Å². The lowest BCUT2D eigenvalue weighted by atomic mass is 10.1. The topological polar surface area (TPSA) is 67.6 Å². The van der Waals surface area contributed by atoms with Crippen molar-refractivity contribution in [3.05, 3.63) is 48.3 Å². The summed E-state index contributed by atoms with van der Waals surface area (Å²) >= 11 is 0. The fourth-order valence-corrected chi connectivity index (χ4v) is 2.46. The largest absolute Gasteiger partial charge is 0.480 e. The van der Waals surface area contributed by atoms with Crippen LogP contribution in [0, 0.1) is 0 Å². The van der Waals surface area contributed by atoms with Crippen LogP contribution in [0.3, 0.4) is 0 Å². The van der Waals surface area contributed by atoms with Crippen molar-refractivity contribution >= 4 is 5.97 Å². The molecule has 0 bridgehead atoms. The molecule has 21 heavy (non-hydrogen) atoms. The van der Waals surface area contributed by atoms with Gasteiger partial charge >= 0.3 is 5.97 Å². The lowest BCUT2D eigenvalue weighted by Crippen LogP contribution is -2.49. The number of rotatable bonds is 4. The first kappa shape index (κ1) is 13.8. The first-order chi connectivity index (χ1) is 10.2. The number of carboxylic acids is 1. The van der Waals surface area contributed by atoms with Crippen molar-refractivity contribution in [2.24, 2.45) is 0 Å². The molecule has 0 saturated carbocycles. The molecule has 2 heterocycles. The summed E-state index contributed by atoms with van der Waals surface area (Å²) in [7, 11) is 0. The van der Waals surface area contributed by atoms with Crippen molar-refractivity contribution < 1.29 is 14.6 Å². The predicted octanol–water partition coefficient (Wildman–Crippen LogP) is 1.16. The number of hydrogen-bond donors (Lipinski definition) is 1. The summed E-state index contributed by atoms with van der Waals surface area (Å²) in [5, 5.41) is 13.4. The molecule has 1 aromatic heterocycles. The monoisotopic (exact) mass is 287 g/mol. The van der Waals surface area contributed by atoms with Gasteiger partial charge < -0.3 is 9.84 Å². The van der Waals surface area contributed by atoms with Crippen molar-refractivity contribution in [2.75, 3.05) is 19.8 Å². The molecule has 6 heteroatoms. The van der Waals surface area contributed by atoms with E-state index in [1.54, 1.807) is 10.9 Å². The van der Waals surface area contributed by atoms with Gasteiger partial charge in [-0.05, 0) is 23.8 Å². The quantitative estimate of drug-likeness (QED) is 0.914. The Morgan fingerprint density at radius 1 is 1.38 bits per heavy atom. The van der Waals surface area contributed by atoms with E-state index in [4.69, 9.17) is 4.74 Å². The summed E-state index contributed by atoms with van der Waals surface area (Å²) in [5.74, 6) is -0.831. The molecule has 1 aliphatic rings. The molecule has 1 unspecified atom stereocenters. The van der Waals surface area contributed by atoms with Gasteiger partial charge in [0.15, 0.2) is 0 Å². The highest BCUT2D eigenvalue weighted by Gasteiger charge is 2.28. The Morgan fingerprint density at radius 2 is 2.19 bits per heavy atom. The van der Waals surface area contributed by atoms with E-state index in [0.29, 0.717) is 19.7 Å². The highest BCUT2D eigenvalue weighted by molar-refractivity contribution is 5.73. The zero-order valence-corrected chi connectivity index (χ0v) is 11.6. The number of aromatic nitrogens is 2. The second-order valence-electron chi connectivity index (χ2n) is 5.02. The molecule has 1 aliphatic heterocycles. The summed E-state index contributed by atoms with van der Waals surface area (Å²) in [6.45, 7) is 2.08. The van der Waals surface area contributed by atoms with E-state index in [1.807, 2.05) is 41.4 Å². The number of carbonyl (C=O) groups is 1. The van der Waals surface area contributed by atoms with Crippen LogP contribution in [0.25, 0.3) is 5.69 Å². The van der Waals surface area contributed by atoms with Crippen LogP contribution in [0.5, 0.6) is 0 Å². The summed E-state index contributed by atoms with van der Waals surface area (Å²) in [6.07, 6.45) is 3.62. The van der Waals surface area contributed by atoms with E-state index in [9.17, 15) is 9.90 Å². The third-order valence-electron chi connectivity index (χ3n) is 3.62. The van der Waals surface area contributed by atoms with Gasteiger partial charge in [0.25, 0.3) is 0 Å². The maximum Gasteiger partial charge on any atom is 0.323 e. The molecule has 1 fully saturated rings. The lowest BCUT2D eigenvalue weighted by Gasteiger charge is -2.32. The smallest absolute Gasteiger partial charge is 0.323 e. The van der Waals surface area contributed by atoms with Crippen LogP contribution in [-0.2, 0) is 16.1 Å². The normalized spacial score (nSPS) is 19.5. The van der Waals surface area contributed by atoms with Crippen LogP contribution in [0.4, 0.5) is 0 Å². The maximum atomic E-state index is 11.2. The number of ether oxygens (including phenoxy) is 1. The SMILES string of the molecule is O=C(O)C1COCCN1Cc1ccc(-n2cccn2)cc1. The van der Waals surface area contributed by atoms with Crippen LogP contribution in [0.1, 0.15) is 5.56 Å². The van der Waals surface area contributed by atoms with E-state index in [1.165, 1.54) is 0 Å². The van der Waals surface area contributed by atoms with Crippen LogP contribution in [0.15, 0.2) is 42.7 Å². The van der Waals surface area contributed by atoms with E-state index in [-0.39, 0.29) is 6.61 Å². The van der Waals surface area contributed by atoms with Crippen molar-refractivity contribution in [2.45, 2.75) is 12.6 Å². The van der Waals surface area contributed by atoms with Gasteiger partial charge in [0.1, 0.15) is 6.04 Å². The number of nitrogens with zero attached hydrogens (tertiary/aromatic N) is 3. The van der Waals surface area contributed by atoms with Gasteiger partial charge in [-0.15, -0.1) is 0 Å². The molecular formula is C15H17N3O3. The van der Waals surface area contributed by atoms with Crippen molar-refractivity contribution in [1.29, 1.82) is 0 Å². The second-order valence-corrected chi connectivity index (χ2v) is 5.02. The summed E-state index contributed by atoms with van der Waals surface area (Å²) in [6, 6.07) is 9.29. The molecule has 0 amide bonds. The molecule has 2 aromatic rings. The zero-order valence-electron chi connectivity index (χ0n) is 11.6. The third-order valence-corrected chi connectivity index (χ3v) is 3.62. The van der Waals surface area contributed by atoms with E-state index in [2.05, 4.69) is 5.10 Å². The summed E-state index contributed by atoms with van der Waals surface area (Å²) in [5.41, 5.74) is 2.07. The molecule has 3 rings (SSSR count). The minimum absolute atomic E-state index is 0.251. The van der Waals surface area contributed by atoms with Crippen molar-refractivity contribution in [3.63, 3.8) is 0 Å². The van der Waals surface area contributed by atoms with Gasteiger partial charge in [-0.1, -0.05) is 12.1 Å². The highest BCUT2D eigenvalue weighted by Crippen LogP contribution is 2.15. The standard InChI is InChI=1S/C15H17N3O3/c19-15(20)14-11-21-9-8-17(14)10-12-2-4-13(5-3-12)18-7-1-6-16-18/h1-7,14H,8-11H2,(H,19,20). The van der Waals surface area contributed by atoms with Crippen LogP contribution < -0.4 is 0 Å². The molecule has 6 nitrogen and oxygen atoms in total. The lowest BCUT2D eigenvalue weighted by molar-refractivity contribution is -0.150. The van der Waals surface area contributed by atoms with Gasteiger partial charge in [0, 0.05) is 25.5 Å². The van der Waals surface area contributed by atoms with E-state index in [0.717, 1.165) is 11.3 Å². The van der Waals surface area contributed by atoms with Crippen LogP contribution in [0.2, 0.25) is 0 Å². The van der Waals surface area contributed by atoms with Crippen molar-refractivity contribution in [3.8, 4) is 5.69 Å². The maximum absolute atomic E-state index is 11.2.